The minimum atomic E-state index is -0.512. The highest BCUT2D eigenvalue weighted by atomic mass is 16.6. The Labute approximate surface area is 206 Å². The van der Waals surface area contributed by atoms with Crippen LogP contribution in [-0.4, -0.2) is 47.9 Å². The predicted molar refractivity (Wildman–Crippen MR) is 132 cm³/mol. The topological polar surface area (TPSA) is 72.9 Å². The fourth-order valence-electron chi connectivity index (χ4n) is 5.61. The molecule has 3 aliphatic rings. The summed E-state index contributed by atoms with van der Waals surface area (Å²) in [5.41, 5.74) is 2.62. The second kappa shape index (κ2) is 8.81. The molecule has 0 bridgehead atoms. The number of likely N-dealkylation sites (tertiary alicyclic amines) is 1. The van der Waals surface area contributed by atoms with Gasteiger partial charge >= 0.3 is 6.09 Å². The van der Waals surface area contributed by atoms with E-state index in [0.717, 1.165) is 11.1 Å². The van der Waals surface area contributed by atoms with Crippen LogP contribution < -0.4 is 4.74 Å². The molecule has 2 heterocycles. The Hall–Kier alpha value is -3.15. The van der Waals surface area contributed by atoms with Crippen LogP contribution in [0.1, 0.15) is 78.3 Å². The minimum Gasteiger partial charge on any atom is -0.492 e. The van der Waals surface area contributed by atoms with Crippen molar-refractivity contribution in [2.24, 2.45) is 17.8 Å². The molecule has 6 nitrogen and oxygen atoms in total. The normalized spacial score (nSPS) is 24.4. The molecule has 2 fully saturated rings. The van der Waals surface area contributed by atoms with Crippen molar-refractivity contribution in [2.75, 3.05) is 19.7 Å². The van der Waals surface area contributed by atoms with Crippen LogP contribution in [0.3, 0.4) is 0 Å². The molecule has 0 radical (unpaired) electrons. The Kier molecular flexibility index (Phi) is 5.94. The second-order valence-electron chi connectivity index (χ2n) is 11.0. The van der Waals surface area contributed by atoms with Crippen molar-refractivity contribution < 1.29 is 23.9 Å². The maximum atomic E-state index is 13.4. The maximum absolute atomic E-state index is 13.4. The molecule has 1 aliphatic carbocycles. The van der Waals surface area contributed by atoms with E-state index >= 15 is 0 Å². The Balaban J connectivity index is 1.32. The number of carbonyl (C=O) groups is 3. The summed E-state index contributed by atoms with van der Waals surface area (Å²) in [7, 11) is 0. The summed E-state index contributed by atoms with van der Waals surface area (Å²) in [6.07, 6.45) is 0.520. The number of fused-ring (bicyclic) bond motifs is 2. The fraction of sp³-hybridized carbons (Fsp3) is 0.483. The van der Waals surface area contributed by atoms with Crippen molar-refractivity contribution in [2.45, 2.75) is 52.1 Å². The summed E-state index contributed by atoms with van der Waals surface area (Å²) in [6, 6.07) is 13.7. The summed E-state index contributed by atoms with van der Waals surface area (Å²) >= 11 is 0. The average Bonchev–Trinajstić information content (AvgIpc) is 3.18. The quantitative estimate of drug-likeness (QED) is 0.517. The van der Waals surface area contributed by atoms with Gasteiger partial charge in [-0.1, -0.05) is 37.3 Å². The average molecular weight is 476 g/mol. The highest BCUT2D eigenvalue weighted by Gasteiger charge is 2.57. The fourth-order valence-corrected chi connectivity index (χ4v) is 5.61. The van der Waals surface area contributed by atoms with E-state index in [1.165, 1.54) is 0 Å². The summed E-state index contributed by atoms with van der Waals surface area (Å²) in [6.45, 7) is 9.18. The maximum Gasteiger partial charge on any atom is 0.410 e. The number of benzene rings is 2. The Bertz CT molecular complexity index is 1150. The number of rotatable bonds is 6. The molecule has 4 atom stereocenters. The van der Waals surface area contributed by atoms with Crippen molar-refractivity contribution in [3.05, 3.63) is 64.7 Å². The highest BCUT2D eigenvalue weighted by Crippen LogP contribution is 2.54. The molecule has 1 saturated carbocycles. The molecule has 2 unspecified atom stereocenters. The number of ketones is 2. The molecular formula is C29H33NO5. The standard InChI is InChI=1S/C29H33NO5/c1-5-25(31)21-12-18(11-20-24(16-34-27(20)21)17-9-7-6-8-10-17)26(32)13-19-22-14-30(15-23(19)22)28(33)35-29(2,3)4/h6-12,19,22-24H,5,13-16H2,1-4H3/t19?,22-,23+,24?. The van der Waals surface area contributed by atoms with Gasteiger partial charge in [0.25, 0.3) is 0 Å². The van der Waals surface area contributed by atoms with Gasteiger partial charge in [-0.15, -0.1) is 0 Å². The lowest BCUT2D eigenvalue weighted by Crippen LogP contribution is -2.37. The van der Waals surface area contributed by atoms with Gasteiger partial charge in [-0.25, -0.2) is 4.79 Å². The highest BCUT2D eigenvalue weighted by molar-refractivity contribution is 6.04. The van der Waals surface area contributed by atoms with Gasteiger partial charge in [-0.05, 0) is 56.2 Å². The van der Waals surface area contributed by atoms with Crippen LogP contribution >= 0.6 is 0 Å². The molecule has 35 heavy (non-hydrogen) atoms. The van der Waals surface area contributed by atoms with Crippen molar-refractivity contribution in [1.29, 1.82) is 0 Å². The van der Waals surface area contributed by atoms with E-state index in [2.05, 4.69) is 12.1 Å². The Morgan fingerprint density at radius 1 is 1.03 bits per heavy atom. The molecule has 0 aromatic heterocycles. The lowest BCUT2D eigenvalue weighted by molar-refractivity contribution is 0.0265. The molecule has 1 saturated heterocycles. The van der Waals surface area contributed by atoms with Gasteiger partial charge < -0.3 is 14.4 Å². The number of hydrogen-bond acceptors (Lipinski definition) is 5. The SMILES string of the molecule is CCC(=O)c1cc(C(=O)CC2[C@H]3CN(C(=O)OC(C)(C)C)C[C@@H]23)cc2c1OCC2c1ccccc1. The third-order valence-electron chi connectivity index (χ3n) is 7.48. The molecule has 0 spiro atoms. The van der Waals surface area contributed by atoms with Crippen molar-refractivity contribution >= 4 is 17.7 Å². The monoisotopic (exact) mass is 475 g/mol. The molecule has 1 amide bonds. The number of ether oxygens (including phenoxy) is 2. The lowest BCUT2D eigenvalue weighted by Gasteiger charge is -2.25. The van der Waals surface area contributed by atoms with Crippen molar-refractivity contribution in [3.8, 4) is 5.75 Å². The smallest absolute Gasteiger partial charge is 0.410 e. The lowest BCUT2D eigenvalue weighted by atomic mass is 9.88. The number of piperidine rings is 1. The molecule has 184 valence electrons. The van der Waals surface area contributed by atoms with Crippen LogP contribution in [0.2, 0.25) is 0 Å². The van der Waals surface area contributed by atoms with E-state index in [4.69, 9.17) is 9.47 Å². The molecule has 2 aromatic rings. The zero-order chi connectivity index (χ0) is 24.9. The minimum absolute atomic E-state index is 0.00467. The number of amides is 1. The zero-order valence-electron chi connectivity index (χ0n) is 20.9. The van der Waals surface area contributed by atoms with E-state index in [1.54, 1.807) is 11.0 Å². The van der Waals surface area contributed by atoms with Crippen LogP contribution in [0.5, 0.6) is 5.75 Å². The van der Waals surface area contributed by atoms with Crippen LogP contribution in [0.15, 0.2) is 42.5 Å². The number of hydrogen-bond donors (Lipinski definition) is 0. The third-order valence-corrected chi connectivity index (χ3v) is 7.48. The summed E-state index contributed by atoms with van der Waals surface area (Å²) in [5.74, 6) is 1.64. The first-order valence-corrected chi connectivity index (χ1v) is 12.6. The van der Waals surface area contributed by atoms with Crippen LogP contribution in [-0.2, 0) is 4.74 Å². The number of Topliss-reactive ketones (excluding diaryl/α,β-unsaturated/α-hetero) is 2. The van der Waals surface area contributed by atoms with Crippen LogP contribution in [0.4, 0.5) is 4.79 Å². The van der Waals surface area contributed by atoms with Crippen LogP contribution in [0, 0.1) is 17.8 Å². The van der Waals surface area contributed by atoms with E-state index in [0.29, 0.717) is 61.3 Å². The first kappa shape index (κ1) is 23.6. The van der Waals surface area contributed by atoms with E-state index in [1.807, 2.05) is 52.0 Å². The summed E-state index contributed by atoms with van der Waals surface area (Å²) in [4.78, 5) is 40.2. The van der Waals surface area contributed by atoms with Gasteiger partial charge in [-0.3, -0.25) is 9.59 Å². The summed E-state index contributed by atoms with van der Waals surface area (Å²) in [5, 5.41) is 0. The molecule has 6 heteroatoms. The second-order valence-corrected chi connectivity index (χ2v) is 11.0. The van der Waals surface area contributed by atoms with Gasteiger partial charge in [0.2, 0.25) is 0 Å². The summed E-state index contributed by atoms with van der Waals surface area (Å²) < 4.78 is 11.5. The van der Waals surface area contributed by atoms with Gasteiger partial charge in [0.1, 0.15) is 11.4 Å². The van der Waals surface area contributed by atoms with Crippen molar-refractivity contribution in [3.63, 3.8) is 0 Å². The zero-order valence-corrected chi connectivity index (χ0v) is 20.9. The number of nitrogens with zero attached hydrogens (tertiary/aromatic N) is 1. The van der Waals surface area contributed by atoms with Crippen LogP contribution in [0.25, 0.3) is 0 Å². The van der Waals surface area contributed by atoms with E-state index < -0.39 is 5.60 Å². The first-order chi connectivity index (χ1) is 16.7. The Morgan fingerprint density at radius 3 is 2.34 bits per heavy atom. The van der Waals surface area contributed by atoms with Gasteiger partial charge in [-0.2, -0.15) is 0 Å². The predicted octanol–water partition coefficient (Wildman–Crippen LogP) is 5.49. The van der Waals surface area contributed by atoms with Gasteiger partial charge in [0.15, 0.2) is 11.6 Å². The van der Waals surface area contributed by atoms with Crippen molar-refractivity contribution in [1.82, 2.24) is 4.90 Å². The third kappa shape index (κ3) is 4.58. The number of carbonyl (C=O) groups excluding carboxylic acids is 3. The van der Waals surface area contributed by atoms with Gasteiger partial charge in [0, 0.05) is 43.0 Å². The molecule has 2 aliphatic heterocycles. The molecule has 0 N–H and O–H groups in total. The largest absolute Gasteiger partial charge is 0.492 e. The molecule has 2 aromatic carbocycles. The molecule has 5 rings (SSSR count). The van der Waals surface area contributed by atoms with Gasteiger partial charge in [0.05, 0.1) is 12.2 Å². The van der Waals surface area contributed by atoms with E-state index in [9.17, 15) is 14.4 Å². The molecular weight excluding hydrogens is 442 g/mol. The first-order valence-electron chi connectivity index (χ1n) is 12.6. The Morgan fingerprint density at radius 2 is 1.71 bits per heavy atom. The van der Waals surface area contributed by atoms with E-state index in [-0.39, 0.29) is 29.5 Å².